The van der Waals surface area contributed by atoms with Gasteiger partial charge in [-0.05, 0) is 31.9 Å². The van der Waals surface area contributed by atoms with Crippen LogP contribution in [0.4, 0.5) is 5.69 Å². The van der Waals surface area contributed by atoms with Crippen LogP contribution in [0.1, 0.15) is 30.3 Å². The van der Waals surface area contributed by atoms with Crippen molar-refractivity contribution >= 4 is 17.6 Å². The van der Waals surface area contributed by atoms with Crippen molar-refractivity contribution in [1.82, 2.24) is 4.98 Å². The summed E-state index contributed by atoms with van der Waals surface area (Å²) in [7, 11) is 1.31. The fourth-order valence-electron chi connectivity index (χ4n) is 2.37. The smallest absolute Gasteiger partial charge is 0.356 e. The number of aromatic nitrogens is 1. The Balaban J connectivity index is 2.21. The van der Waals surface area contributed by atoms with E-state index in [0.717, 1.165) is 25.1 Å². The van der Waals surface area contributed by atoms with Gasteiger partial charge in [0.2, 0.25) is 0 Å². The first-order chi connectivity index (χ1) is 9.67. The van der Waals surface area contributed by atoms with Crippen molar-refractivity contribution in [3.8, 4) is 0 Å². The molecular formula is C14H18N2O4. The predicted octanol–water partition coefficient (Wildman–Crippen LogP) is 1.40. The average Bonchev–Trinajstić information content (AvgIpc) is 2.96. The standard InChI is InChI=1S/C14H18N2O4/c1-3-20-14(18)12-5-4-8-16(12)10-6-7-15-11(9-10)13(17)19-2/h6-7,9,12H,3-5,8H2,1-2H3. The van der Waals surface area contributed by atoms with E-state index in [1.54, 1.807) is 25.3 Å². The summed E-state index contributed by atoms with van der Waals surface area (Å²) in [5, 5.41) is 0. The van der Waals surface area contributed by atoms with Gasteiger partial charge in [-0.2, -0.15) is 0 Å². The van der Waals surface area contributed by atoms with Crippen molar-refractivity contribution in [2.24, 2.45) is 0 Å². The van der Waals surface area contributed by atoms with Crippen molar-refractivity contribution in [2.45, 2.75) is 25.8 Å². The molecule has 20 heavy (non-hydrogen) atoms. The van der Waals surface area contributed by atoms with Crippen molar-refractivity contribution in [3.63, 3.8) is 0 Å². The van der Waals surface area contributed by atoms with E-state index in [1.807, 2.05) is 4.90 Å². The first-order valence-electron chi connectivity index (χ1n) is 6.65. The van der Waals surface area contributed by atoms with Crippen LogP contribution in [0.3, 0.4) is 0 Å². The van der Waals surface area contributed by atoms with Gasteiger partial charge in [0.1, 0.15) is 11.7 Å². The lowest BCUT2D eigenvalue weighted by Crippen LogP contribution is -2.37. The number of carbonyl (C=O) groups excluding carboxylic acids is 2. The molecule has 0 bridgehead atoms. The van der Waals surface area contributed by atoms with Gasteiger partial charge < -0.3 is 14.4 Å². The lowest BCUT2D eigenvalue weighted by atomic mass is 10.2. The van der Waals surface area contributed by atoms with Crippen LogP contribution in [0.2, 0.25) is 0 Å². The summed E-state index contributed by atoms with van der Waals surface area (Å²) in [5.41, 5.74) is 1.02. The number of esters is 2. The molecule has 1 aliphatic rings. The molecule has 108 valence electrons. The zero-order chi connectivity index (χ0) is 14.5. The summed E-state index contributed by atoms with van der Waals surface area (Å²) in [5.74, 6) is -0.708. The first kappa shape index (κ1) is 14.3. The highest BCUT2D eigenvalue weighted by Gasteiger charge is 2.32. The summed E-state index contributed by atoms with van der Waals surface area (Å²) in [4.78, 5) is 29.4. The molecule has 0 spiro atoms. The molecule has 1 aromatic rings. The molecule has 0 radical (unpaired) electrons. The Labute approximate surface area is 117 Å². The maximum atomic E-state index is 11.9. The minimum absolute atomic E-state index is 0.221. The van der Waals surface area contributed by atoms with Crippen molar-refractivity contribution < 1.29 is 19.1 Å². The van der Waals surface area contributed by atoms with Crippen LogP contribution >= 0.6 is 0 Å². The quantitative estimate of drug-likeness (QED) is 0.775. The third-order valence-electron chi connectivity index (χ3n) is 3.28. The largest absolute Gasteiger partial charge is 0.464 e. The Bertz CT molecular complexity index is 504. The van der Waals surface area contributed by atoms with E-state index < -0.39 is 5.97 Å². The molecule has 0 saturated carbocycles. The van der Waals surface area contributed by atoms with Crippen molar-refractivity contribution in [3.05, 3.63) is 24.0 Å². The van der Waals surface area contributed by atoms with Crippen LogP contribution in [-0.2, 0) is 14.3 Å². The highest BCUT2D eigenvalue weighted by Crippen LogP contribution is 2.26. The molecule has 0 amide bonds. The highest BCUT2D eigenvalue weighted by atomic mass is 16.5. The molecule has 1 atom stereocenters. The Morgan fingerprint density at radius 2 is 2.30 bits per heavy atom. The van der Waals surface area contributed by atoms with Crippen LogP contribution in [0.5, 0.6) is 0 Å². The summed E-state index contributed by atoms with van der Waals surface area (Å²) < 4.78 is 9.74. The van der Waals surface area contributed by atoms with E-state index in [-0.39, 0.29) is 17.7 Å². The second kappa shape index (κ2) is 6.36. The Kier molecular flexibility index (Phi) is 4.55. The summed E-state index contributed by atoms with van der Waals surface area (Å²) in [6.45, 7) is 2.92. The van der Waals surface area contributed by atoms with Crippen LogP contribution in [0.15, 0.2) is 18.3 Å². The molecule has 1 aromatic heterocycles. The molecular weight excluding hydrogens is 260 g/mol. The number of hydrogen-bond donors (Lipinski definition) is 0. The lowest BCUT2D eigenvalue weighted by molar-refractivity contribution is -0.144. The van der Waals surface area contributed by atoms with Gasteiger partial charge in [-0.25, -0.2) is 14.6 Å². The monoisotopic (exact) mass is 278 g/mol. The summed E-state index contributed by atoms with van der Waals surface area (Å²) in [6, 6.07) is 3.13. The Morgan fingerprint density at radius 1 is 1.50 bits per heavy atom. The minimum Gasteiger partial charge on any atom is -0.464 e. The number of methoxy groups -OCH3 is 1. The van der Waals surface area contributed by atoms with Gasteiger partial charge in [-0.1, -0.05) is 0 Å². The van der Waals surface area contributed by atoms with Gasteiger partial charge in [-0.3, -0.25) is 0 Å². The predicted molar refractivity (Wildman–Crippen MR) is 72.6 cm³/mol. The van der Waals surface area contributed by atoms with E-state index in [1.165, 1.54) is 7.11 Å². The van der Waals surface area contributed by atoms with Crippen LogP contribution in [-0.4, -0.2) is 43.2 Å². The number of nitrogens with zero attached hydrogens (tertiary/aromatic N) is 2. The zero-order valence-corrected chi connectivity index (χ0v) is 11.7. The number of pyridine rings is 1. The number of hydrogen-bond acceptors (Lipinski definition) is 6. The van der Waals surface area contributed by atoms with E-state index in [9.17, 15) is 9.59 Å². The fraction of sp³-hybridized carbons (Fsp3) is 0.500. The van der Waals surface area contributed by atoms with Crippen LogP contribution in [0, 0.1) is 0 Å². The van der Waals surface area contributed by atoms with E-state index >= 15 is 0 Å². The molecule has 1 saturated heterocycles. The van der Waals surface area contributed by atoms with Gasteiger partial charge >= 0.3 is 11.9 Å². The second-order valence-electron chi connectivity index (χ2n) is 4.49. The number of ether oxygens (including phenoxy) is 2. The molecule has 6 nitrogen and oxygen atoms in total. The number of anilines is 1. The topological polar surface area (TPSA) is 68.7 Å². The maximum absolute atomic E-state index is 11.9. The maximum Gasteiger partial charge on any atom is 0.356 e. The van der Waals surface area contributed by atoms with Gasteiger partial charge in [0, 0.05) is 18.4 Å². The average molecular weight is 278 g/mol. The first-order valence-corrected chi connectivity index (χ1v) is 6.65. The van der Waals surface area contributed by atoms with Crippen molar-refractivity contribution in [2.75, 3.05) is 25.2 Å². The summed E-state index contributed by atoms with van der Waals surface area (Å²) >= 11 is 0. The second-order valence-corrected chi connectivity index (χ2v) is 4.49. The van der Waals surface area contributed by atoms with Crippen LogP contribution in [0.25, 0.3) is 0 Å². The zero-order valence-electron chi connectivity index (χ0n) is 11.7. The molecule has 2 heterocycles. The van der Waals surface area contributed by atoms with E-state index in [0.29, 0.717) is 6.61 Å². The molecule has 0 N–H and O–H groups in total. The van der Waals surface area contributed by atoms with Crippen molar-refractivity contribution in [1.29, 1.82) is 0 Å². The van der Waals surface area contributed by atoms with Gasteiger partial charge in [-0.15, -0.1) is 0 Å². The highest BCUT2D eigenvalue weighted by molar-refractivity contribution is 5.88. The normalized spacial score (nSPS) is 17.9. The third-order valence-corrected chi connectivity index (χ3v) is 3.28. The Hall–Kier alpha value is -2.11. The van der Waals surface area contributed by atoms with Gasteiger partial charge in [0.25, 0.3) is 0 Å². The van der Waals surface area contributed by atoms with Gasteiger partial charge in [0.05, 0.1) is 13.7 Å². The fourth-order valence-corrected chi connectivity index (χ4v) is 2.37. The molecule has 0 aromatic carbocycles. The molecule has 0 aliphatic carbocycles. The molecule has 1 unspecified atom stereocenters. The SMILES string of the molecule is CCOC(=O)C1CCCN1c1ccnc(C(=O)OC)c1. The third kappa shape index (κ3) is 2.89. The Morgan fingerprint density at radius 3 is 3.00 bits per heavy atom. The molecule has 2 rings (SSSR count). The summed E-state index contributed by atoms with van der Waals surface area (Å²) in [6.07, 6.45) is 3.22. The molecule has 1 fully saturated rings. The van der Waals surface area contributed by atoms with E-state index in [2.05, 4.69) is 9.72 Å². The number of carbonyl (C=O) groups is 2. The van der Waals surface area contributed by atoms with Crippen LogP contribution < -0.4 is 4.90 Å². The number of rotatable bonds is 4. The lowest BCUT2D eigenvalue weighted by Gasteiger charge is -2.25. The molecule has 1 aliphatic heterocycles. The van der Waals surface area contributed by atoms with Gasteiger partial charge in [0.15, 0.2) is 0 Å². The van der Waals surface area contributed by atoms with E-state index in [4.69, 9.17) is 4.74 Å². The minimum atomic E-state index is -0.487. The molecule has 6 heteroatoms.